The molecule has 5 heteroatoms. The highest BCUT2D eigenvalue weighted by molar-refractivity contribution is 5.84. The molecule has 36 heavy (non-hydrogen) atoms. The monoisotopic (exact) mass is 474 g/mol. The fourth-order valence-corrected chi connectivity index (χ4v) is 4.12. The summed E-state index contributed by atoms with van der Waals surface area (Å²) in [6.45, 7) is 3.08. The third-order valence-corrected chi connectivity index (χ3v) is 6.02. The number of hydrogen-bond acceptors (Lipinski definition) is 3. The van der Waals surface area contributed by atoms with Crippen molar-refractivity contribution in [3.05, 3.63) is 115 Å². The number of carbonyl (C=O) groups is 1. The van der Waals surface area contributed by atoms with Gasteiger partial charge in [-0.2, -0.15) is 5.10 Å². The maximum Gasteiger partial charge on any atom is 0.347 e. The standard InChI is InChI=1S/C31H26N2O3/c1-31(2,30(34)35)36-25-17-11-14-23(20-25)26-18-9-10-19-27(26)28-21-29(22-12-5-3-6-13-22)33(32-28)24-15-7-4-8-16-24/h3-21H,1-2H3,(H,34,35). The van der Waals surface area contributed by atoms with Gasteiger partial charge in [0.15, 0.2) is 5.60 Å². The predicted octanol–water partition coefficient (Wildman–Crippen LogP) is 7.12. The second-order valence-corrected chi connectivity index (χ2v) is 9.02. The van der Waals surface area contributed by atoms with E-state index >= 15 is 0 Å². The number of carboxylic acid groups (broad SMARTS) is 1. The van der Waals surface area contributed by atoms with Gasteiger partial charge in [0.1, 0.15) is 5.75 Å². The summed E-state index contributed by atoms with van der Waals surface area (Å²) in [5, 5.41) is 14.5. The van der Waals surface area contributed by atoms with Crippen LogP contribution in [-0.4, -0.2) is 26.5 Å². The van der Waals surface area contributed by atoms with Gasteiger partial charge in [0.05, 0.1) is 17.1 Å². The van der Waals surface area contributed by atoms with E-state index in [4.69, 9.17) is 9.84 Å². The van der Waals surface area contributed by atoms with Gasteiger partial charge >= 0.3 is 5.97 Å². The Balaban J connectivity index is 1.62. The Labute approximate surface area is 210 Å². The number of ether oxygens (including phenoxy) is 1. The van der Waals surface area contributed by atoms with Gasteiger partial charge in [0.25, 0.3) is 0 Å². The number of para-hydroxylation sites is 1. The lowest BCUT2D eigenvalue weighted by Crippen LogP contribution is -2.37. The van der Waals surface area contributed by atoms with Crippen LogP contribution in [0.5, 0.6) is 5.75 Å². The summed E-state index contributed by atoms with van der Waals surface area (Å²) in [6.07, 6.45) is 0. The second kappa shape index (κ2) is 9.55. The van der Waals surface area contributed by atoms with Gasteiger partial charge in [0.2, 0.25) is 0 Å². The van der Waals surface area contributed by atoms with E-state index in [0.717, 1.165) is 39.3 Å². The van der Waals surface area contributed by atoms with Crippen molar-refractivity contribution in [3.63, 3.8) is 0 Å². The summed E-state index contributed by atoms with van der Waals surface area (Å²) in [7, 11) is 0. The molecule has 1 N–H and O–H groups in total. The van der Waals surface area contributed by atoms with E-state index in [1.807, 2.05) is 89.6 Å². The van der Waals surface area contributed by atoms with Crippen molar-refractivity contribution in [1.29, 1.82) is 0 Å². The molecule has 0 saturated carbocycles. The van der Waals surface area contributed by atoms with E-state index in [1.165, 1.54) is 13.8 Å². The molecule has 0 amide bonds. The molecule has 0 unspecified atom stereocenters. The minimum atomic E-state index is -1.34. The number of aliphatic carboxylic acids is 1. The van der Waals surface area contributed by atoms with Crippen molar-refractivity contribution < 1.29 is 14.6 Å². The fraction of sp³-hybridized carbons (Fsp3) is 0.0968. The quantitative estimate of drug-likeness (QED) is 0.273. The summed E-state index contributed by atoms with van der Waals surface area (Å²) in [4.78, 5) is 11.6. The molecule has 1 heterocycles. The van der Waals surface area contributed by atoms with Crippen molar-refractivity contribution in [1.82, 2.24) is 9.78 Å². The van der Waals surface area contributed by atoms with Gasteiger partial charge in [-0.05, 0) is 55.3 Å². The molecule has 0 aliphatic rings. The summed E-state index contributed by atoms with van der Waals surface area (Å²) in [5.74, 6) is -0.525. The fourth-order valence-electron chi connectivity index (χ4n) is 4.12. The van der Waals surface area contributed by atoms with Crippen LogP contribution in [-0.2, 0) is 4.79 Å². The molecular formula is C31H26N2O3. The maximum atomic E-state index is 11.6. The van der Waals surface area contributed by atoms with Gasteiger partial charge in [0, 0.05) is 11.1 Å². The van der Waals surface area contributed by atoms with Crippen molar-refractivity contribution in [2.24, 2.45) is 0 Å². The van der Waals surface area contributed by atoms with Gasteiger partial charge in [-0.1, -0.05) is 84.9 Å². The van der Waals surface area contributed by atoms with Gasteiger partial charge < -0.3 is 9.84 Å². The molecule has 0 atom stereocenters. The molecule has 0 aliphatic heterocycles. The van der Waals surface area contributed by atoms with E-state index in [9.17, 15) is 9.90 Å². The third kappa shape index (κ3) is 4.64. The van der Waals surface area contributed by atoms with Crippen LogP contribution in [0.25, 0.3) is 39.3 Å². The van der Waals surface area contributed by atoms with E-state index < -0.39 is 11.6 Å². The summed E-state index contributed by atoms with van der Waals surface area (Å²) in [5.41, 5.74) is 5.41. The number of rotatable bonds is 7. The summed E-state index contributed by atoms with van der Waals surface area (Å²) >= 11 is 0. The van der Waals surface area contributed by atoms with Gasteiger partial charge in [-0.3, -0.25) is 0 Å². The first kappa shape index (κ1) is 23.1. The second-order valence-electron chi connectivity index (χ2n) is 9.02. The van der Waals surface area contributed by atoms with E-state index in [2.05, 4.69) is 24.3 Å². The Morgan fingerprint density at radius 1 is 0.750 bits per heavy atom. The van der Waals surface area contributed by atoms with Crippen LogP contribution in [0.1, 0.15) is 13.8 Å². The van der Waals surface area contributed by atoms with Crippen LogP contribution in [0.15, 0.2) is 115 Å². The number of aromatic nitrogens is 2. The highest BCUT2D eigenvalue weighted by Crippen LogP contribution is 2.36. The molecule has 1 aromatic heterocycles. The normalized spacial score (nSPS) is 11.3. The lowest BCUT2D eigenvalue weighted by molar-refractivity contribution is -0.152. The van der Waals surface area contributed by atoms with Crippen molar-refractivity contribution in [3.8, 4) is 45.1 Å². The van der Waals surface area contributed by atoms with Crippen LogP contribution < -0.4 is 4.74 Å². The zero-order chi connectivity index (χ0) is 25.1. The Hall–Kier alpha value is -4.64. The van der Waals surface area contributed by atoms with Crippen LogP contribution >= 0.6 is 0 Å². The van der Waals surface area contributed by atoms with Gasteiger partial charge in [-0.25, -0.2) is 9.48 Å². The number of benzene rings is 4. The molecule has 5 nitrogen and oxygen atoms in total. The smallest absolute Gasteiger partial charge is 0.347 e. The Morgan fingerprint density at radius 3 is 2.06 bits per heavy atom. The average molecular weight is 475 g/mol. The minimum Gasteiger partial charge on any atom is -0.478 e. The zero-order valence-corrected chi connectivity index (χ0v) is 20.1. The summed E-state index contributed by atoms with van der Waals surface area (Å²) in [6, 6.07) is 38.0. The molecule has 5 rings (SSSR count). The Bertz CT molecular complexity index is 1450. The number of carboxylic acids is 1. The zero-order valence-electron chi connectivity index (χ0n) is 20.1. The largest absolute Gasteiger partial charge is 0.478 e. The molecule has 0 radical (unpaired) electrons. The first-order chi connectivity index (χ1) is 17.4. The summed E-state index contributed by atoms with van der Waals surface area (Å²) < 4.78 is 7.76. The molecule has 0 saturated heterocycles. The highest BCUT2D eigenvalue weighted by atomic mass is 16.5. The van der Waals surface area contributed by atoms with Gasteiger partial charge in [-0.15, -0.1) is 0 Å². The van der Waals surface area contributed by atoms with Crippen molar-refractivity contribution in [2.75, 3.05) is 0 Å². The lowest BCUT2D eigenvalue weighted by Gasteiger charge is -2.22. The number of nitrogens with zero attached hydrogens (tertiary/aromatic N) is 2. The Kier molecular flexibility index (Phi) is 6.13. The molecule has 178 valence electrons. The van der Waals surface area contributed by atoms with Crippen LogP contribution in [0.4, 0.5) is 0 Å². The first-order valence-corrected chi connectivity index (χ1v) is 11.8. The Morgan fingerprint density at radius 2 is 1.36 bits per heavy atom. The molecule has 0 aliphatic carbocycles. The topological polar surface area (TPSA) is 64.4 Å². The number of hydrogen-bond donors (Lipinski definition) is 1. The van der Waals surface area contributed by atoms with Crippen LogP contribution in [0.3, 0.4) is 0 Å². The molecular weight excluding hydrogens is 448 g/mol. The third-order valence-electron chi connectivity index (χ3n) is 6.02. The SMILES string of the molecule is CC(C)(Oc1cccc(-c2ccccc2-c2cc(-c3ccccc3)n(-c3ccccc3)n2)c1)C(=O)O. The minimum absolute atomic E-state index is 0.495. The van der Waals surface area contributed by atoms with Crippen molar-refractivity contribution in [2.45, 2.75) is 19.4 Å². The average Bonchev–Trinajstić information content (AvgIpc) is 3.35. The molecule has 5 aromatic rings. The van der Waals surface area contributed by atoms with Crippen molar-refractivity contribution >= 4 is 5.97 Å². The molecule has 4 aromatic carbocycles. The highest BCUT2D eigenvalue weighted by Gasteiger charge is 2.29. The van der Waals surface area contributed by atoms with E-state index in [1.54, 1.807) is 6.07 Å². The lowest BCUT2D eigenvalue weighted by atomic mass is 9.97. The van der Waals surface area contributed by atoms with Crippen LogP contribution in [0.2, 0.25) is 0 Å². The van der Waals surface area contributed by atoms with Crippen LogP contribution in [0, 0.1) is 0 Å². The first-order valence-electron chi connectivity index (χ1n) is 11.8. The molecule has 0 bridgehead atoms. The predicted molar refractivity (Wildman–Crippen MR) is 142 cm³/mol. The van der Waals surface area contributed by atoms with E-state index in [0.29, 0.717) is 5.75 Å². The molecule has 0 fully saturated rings. The molecule has 0 spiro atoms. The van der Waals surface area contributed by atoms with E-state index in [-0.39, 0.29) is 0 Å². The maximum absolute atomic E-state index is 11.6.